The molecule has 138 valence electrons. The Hall–Kier alpha value is -1.55. The Morgan fingerprint density at radius 2 is 1.80 bits per heavy atom. The summed E-state index contributed by atoms with van der Waals surface area (Å²) in [4.78, 5) is 17.0. The number of unbranched alkanes of at least 4 members (excludes halogenated alkanes) is 1. The molecule has 2 heterocycles. The van der Waals surface area contributed by atoms with Crippen molar-refractivity contribution >= 4 is 6.09 Å². The average molecular weight is 344 g/mol. The van der Waals surface area contributed by atoms with E-state index in [1.165, 1.54) is 32.4 Å². The van der Waals surface area contributed by atoms with Crippen molar-refractivity contribution in [2.45, 2.75) is 64.0 Å². The minimum atomic E-state index is -0.131. The number of ether oxygens (including phenoxy) is 1. The van der Waals surface area contributed by atoms with Crippen molar-refractivity contribution < 1.29 is 9.53 Å². The summed E-state index contributed by atoms with van der Waals surface area (Å²) in [5.41, 5.74) is 1.12. The summed E-state index contributed by atoms with van der Waals surface area (Å²) in [5, 5.41) is 0. The van der Waals surface area contributed by atoms with Gasteiger partial charge in [-0.05, 0) is 50.9 Å². The first kappa shape index (κ1) is 18.2. The van der Waals surface area contributed by atoms with Crippen LogP contribution in [0.5, 0.6) is 0 Å². The van der Waals surface area contributed by atoms with Crippen LogP contribution in [0.15, 0.2) is 30.3 Å². The number of likely N-dealkylation sites (tertiary alicyclic amines) is 1. The van der Waals surface area contributed by atoms with Crippen LogP contribution in [-0.2, 0) is 4.74 Å². The highest BCUT2D eigenvalue weighted by molar-refractivity contribution is 5.71. The summed E-state index contributed by atoms with van der Waals surface area (Å²) >= 11 is 0. The fourth-order valence-corrected chi connectivity index (χ4v) is 4.11. The summed E-state index contributed by atoms with van der Waals surface area (Å²) < 4.78 is 5.79. The molecule has 0 radical (unpaired) electrons. The van der Waals surface area contributed by atoms with E-state index in [2.05, 4.69) is 24.0 Å². The van der Waals surface area contributed by atoms with Gasteiger partial charge in [-0.1, -0.05) is 56.5 Å². The van der Waals surface area contributed by atoms with Crippen LogP contribution in [0.1, 0.15) is 63.5 Å². The highest BCUT2D eigenvalue weighted by Crippen LogP contribution is 2.35. The van der Waals surface area contributed by atoms with E-state index in [0.29, 0.717) is 0 Å². The van der Waals surface area contributed by atoms with Crippen molar-refractivity contribution in [2.24, 2.45) is 0 Å². The van der Waals surface area contributed by atoms with Gasteiger partial charge in [0.05, 0.1) is 6.04 Å². The minimum absolute atomic E-state index is 0.116. The van der Waals surface area contributed by atoms with Gasteiger partial charge in [0.1, 0.15) is 6.10 Å². The van der Waals surface area contributed by atoms with E-state index in [-0.39, 0.29) is 18.2 Å². The molecule has 0 bridgehead atoms. The van der Waals surface area contributed by atoms with E-state index in [4.69, 9.17) is 4.74 Å². The van der Waals surface area contributed by atoms with Crippen LogP contribution in [0.25, 0.3) is 0 Å². The predicted molar refractivity (Wildman–Crippen MR) is 101 cm³/mol. The highest BCUT2D eigenvalue weighted by Gasteiger charge is 2.41. The Labute approximate surface area is 152 Å². The molecule has 2 unspecified atom stereocenters. The second-order valence-electron chi connectivity index (χ2n) is 7.37. The molecule has 0 aromatic heterocycles. The number of benzene rings is 1. The molecule has 0 aliphatic carbocycles. The van der Waals surface area contributed by atoms with Gasteiger partial charge in [-0.15, -0.1) is 0 Å². The summed E-state index contributed by atoms with van der Waals surface area (Å²) in [5.74, 6) is 0. The Bertz CT molecular complexity index is 528. The van der Waals surface area contributed by atoms with Crippen LogP contribution < -0.4 is 0 Å². The molecule has 2 aliphatic rings. The van der Waals surface area contributed by atoms with E-state index >= 15 is 0 Å². The molecule has 2 saturated heterocycles. The Morgan fingerprint density at radius 1 is 1.04 bits per heavy atom. The fourth-order valence-electron chi connectivity index (χ4n) is 4.11. The highest BCUT2D eigenvalue weighted by atomic mass is 16.6. The average Bonchev–Trinajstić information content (AvgIpc) is 2.97. The quantitative estimate of drug-likeness (QED) is 0.690. The lowest BCUT2D eigenvalue weighted by molar-refractivity contribution is 0.129. The predicted octanol–water partition coefficient (Wildman–Crippen LogP) is 4.61. The van der Waals surface area contributed by atoms with Crippen molar-refractivity contribution in [3.63, 3.8) is 0 Å². The number of nitrogens with zero attached hydrogens (tertiary/aromatic N) is 2. The monoisotopic (exact) mass is 344 g/mol. The molecule has 2 aliphatic heterocycles. The second-order valence-corrected chi connectivity index (χ2v) is 7.37. The molecule has 2 fully saturated rings. The van der Waals surface area contributed by atoms with Crippen molar-refractivity contribution in [1.82, 2.24) is 9.80 Å². The van der Waals surface area contributed by atoms with E-state index in [1.54, 1.807) is 0 Å². The summed E-state index contributed by atoms with van der Waals surface area (Å²) in [7, 11) is 0. The molecule has 2 atom stereocenters. The molecule has 4 heteroatoms. The molecule has 3 rings (SSSR count). The van der Waals surface area contributed by atoms with E-state index in [1.807, 2.05) is 23.1 Å². The van der Waals surface area contributed by atoms with Gasteiger partial charge in [-0.2, -0.15) is 0 Å². The van der Waals surface area contributed by atoms with Crippen LogP contribution in [0.3, 0.4) is 0 Å². The Kier molecular flexibility index (Phi) is 6.74. The lowest BCUT2D eigenvalue weighted by atomic mass is 9.97. The van der Waals surface area contributed by atoms with E-state index < -0.39 is 0 Å². The zero-order chi connectivity index (χ0) is 17.5. The maximum atomic E-state index is 12.5. The SMILES string of the molecule is CCCCC1C(c2ccccc2)OC(=O)N1CCCN1CCCCC1. The van der Waals surface area contributed by atoms with Gasteiger partial charge in [0, 0.05) is 6.54 Å². The molecular formula is C21H32N2O2. The topological polar surface area (TPSA) is 32.8 Å². The number of hydrogen-bond acceptors (Lipinski definition) is 3. The van der Waals surface area contributed by atoms with Gasteiger partial charge >= 0.3 is 6.09 Å². The number of cyclic esters (lactones) is 1. The Balaban J connectivity index is 1.60. The molecule has 25 heavy (non-hydrogen) atoms. The Morgan fingerprint density at radius 3 is 2.52 bits per heavy atom. The lowest BCUT2D eigenvalue weighted by Gasteiger charge is -2.28. The van der Waals surface area contributed by atoms with Crippen LogP contribution >= 0.6 is 0 Å². The minimum Gasteiger partial charge on any atom is -0.439 e. The van der Waals surface area contributed by atoms with Crippen LogP contribution in [0.2, 0.25) is 0 Å². The standard InChI is InChI=1S/C21H32N2O2/c1-2-3-13-19-20(18-11-6-4-7-12-18)25-21(24)23(19)17-10-16-22-14-8-5-9-15-22/h4,6-7,11-12,19-20H,2-3,5,8-10,13-17H2,1H3. The lowest BCUT2D eigenvalue weighted by Crippen LogP contribution is -2.37. The second kappa shape index (κ2) is 9.23. The molecule has 0 spiro atoms. The first-order chi connectivity index (χ1) is 12.3. The largest absolute Gasteiger partial charge is 0.439 e. The summed E-state index contributed by atoms with van der Waals surface area (Å²) in [6.07, 6.45) is 8.10. The number of carbonyl (C=O) groups is 1. The van der Waals surface area contributed by atoms with Gasteiger partial charge in [0.25, 0.3) is 0 Å². The number of rotatable bonds is 8. The van der Waals surface area contributed by atoms with E-state index in [9.17, 15) is 4.79 Å². The number of hydrogen-bond donors (Lipinski definition) is 0. The maximum absolute atomic E-state index is 12.5. The molecule has 4 nitrogen and oxygen atoms in total. The van der Waals surface area contributed by atoms with Crippen LogP contribution in [-0.4, -0.2) is 48.1 Å². The van der Waals surface area contributed by atoms with Crippen molar-refractivity contribution in [1.29, 1.82) is 0 Å². The number of piperidine rings is 1. The van der Waals surface area contributed by atoms with Crippen molar-refractivity contribution in [3.05, 3.63) is 35.9 Å². The normalized spacial score (nSPS) is 24.5. The van der Waals surface area contributed by atoms with E-state index in [0.717, 1.165) is 44.3 Å². The summed E-state index contributed by atoms with van der Waals surface area (Å²) in [6.45, 7) is 6.55. The third kappa shape index (κ3) is 4.75. The third-order valence-electron chi connectivity index (χ3n) is 5.52. The molecule has 1 amide bonds. The molecule has 0 saturated carbocycles. The number of amides is 1. The third-order valence-corrected chi connectivity index (χ3v) is 5.52. The molecule has 0 N–H and O–H groups in total. The summed E-state index contributed by atoms with van der Waals surface area (Å²) in [6, 6.07) is 10.4. The van der Waals surface area contributed by atoms with Gasteiger partial charge in [0.2, 0.25) is 0 Å². The zero-order valence-electron chi connectivity index (χ0n) is 15.5. The number of carbonyl (C=O) groups excluding carboxylic acids is 1. The van der Waals surface area contributed by atoms with Crippen LogP contribution in [0.4, 0.5) is 4.79 Å². The van der Waals surface area contributed by atoms with Crippen molar-refractivity contribution in [2.75, 3.05) is 26.2 Å². The van der Waals surface area contributed by atoms with Gasteiger partial charge in [-0.25, -0.2) is 4.79 Å². The maximum Gasteiger partial charge on any atom is 0.410 e. The molecular weight excluding hydrogens is 312 g/mol. The first-order valence-electron chi connectivity index (χ1n) is 10.0. The van der Waals surface area contributed by atoms with Crippen molar-refractivity contribution in [3.8, 4) is 0 Å². The molecule has 1 aromatic carbocycles. The first-order valence-corrected chi connectivity index (χ1v) is 10.0. The zero-order valence-corrected chi connectivity index (χ0v) is 15.5. The van der Waals surface area contributed by atoms with Gasteiger partial charge < -0.3 is 14.5 Å². The van der Waals surface area contributed by atoms with Crippen LogP contribution in [0, 0.1) is 0 Å². The van der Waals surface area contributed by atoms with Gasteiger partial charge in [0.15, 0.2) is 0 Å². The molecule has 1 aromatic rings. The fraction of sp³-hybridized carbons (Fsp3) is 0.667. The smallest absolute Gasteiger partial charge is 0.410 e. The van der Waals surface area contributed by atoms with Gasteiger partial charge in [-0.3, -0.25) is 0 Å².